The van der Waals surface area contributed by atoms with E-state index in [1.807, 2.05) is 0 Å². The standard InChI is InChI=1S/C30H58O5.Al.3H/c1-4-6-8-10-12-14-16-18-20-22-26-33-30(25-24-29(32)35-28(3)31)34-27-23-21-19-17-15-13-11-9-7-5-2;;;;/h30H,4-27H2,1-3H3;;;;. The van der Waals surface area contributed by atoms with Crippen LogP contribution in [0.15, 0.2) is 0 Å². The van der Waals surface area contributed by atoms with Crippen molar-refractivity contribution < 1.29 is 23.8 Å². The van der Waals surface area contributed by atoms with Gasteiger partial charge in [0.25, 0.3) is 0 Å². The molecule has 0 saturated heterocycles. The summed E-state index contributed by atoms with van der Waals surface area (Å²) in [6.07, 6.45) is 26.0. The number of unbranched alkanes of at least 4 members (excludes halogenated alkanes) is 18. The van der Waals surface area contributed by atoms with E-state index in [9.17, 15) is 9.59 Å². The van der Waals surface area contributed by atoms with Gasteiger partial charge >= 0.3 is 11.9 Å². The summed E-state index contributed by atoms with van der Waals surface area (Å²) in [5.74, 6) is -1.07. The van der Waals surface area contributed by atoms with Gasteiger partial charge in [-0.3, -0.25) is 9.59 Å². The van der Waals surface area contributed by atoms with Gasteiger partial charge in [0.05, 0.1) is 6.42 Å². The fourth-order valence-corrected chi connectivity index (χ4v) is 4.27. The molecule has 0 atom stereocenters. The monoisotopic (exact) mass is 528 g/mol. The molecule has 0 unspecified atom stereocenters. The highest BCUT2D eigenvalue weighted by atomic mass is 27.0. The third kappa shape index (κ3) is 29.8. The van der Waals surface area contributed by atoms with Gasteiger partial charge in [-0.25, -0.2) is 0 Å². The maximum Gasteiger partial charge on any atom is 0.313 e. The third-order valence-corrected chi connectivity index (χ3v) is 6.44. The molecule has 0 amide bonds. The van der Waals surface area contributed by atoms with Gasteiger partial charge in [-0.2, -0.15) is 0 Å². The van der Waals surface area contributed by atoms with Crippen LogP contribution in [0.1, 0.15) is 162 Å². The maximum absolute atomic E-state index is 11.7. The van der Waals surface area contributed by atoms with E-state index in [4.69, 9.17) is 9.47 Å². The SMILES string of the molecule is CCCCCCCCCCCCOC(CCC(=O)OC(C)=O)OCCCCCCCCCCCC.[AlH3]. The molecule has 6 heteroatoms. The van der Waals surface area contributed by atoms with Gasteiger partial charge in [-0.1, -0.05) is 129 Å². The molecular weight excluding hydrogens is 467 g/mol. The molecule has 0 aromatic heterocycles. The summed E-state index contributed by atoms with van der Waals surface area (Å²) < 4.78 is 16.5. The Labute approximate surface area is 234 Å². The topological polar surface area (TPSA) is 61.8 Å². The van der Waals surface area contributed by atoms with Crippen LogP contribution in [0.3, 0.4) is 0 Å². The quantitative estimate of drug-likeness (QED) is 0.0357. The number of carbonyl (C=O) groups is 2. The smallest absolute Gasteiger partial charge is 0.313 e. The molecule has 0 fully saturated rings. The Morgan fingerprint density at radius 3 is 1.22 bits per heavy atom. The Morgan fingerprint density at radius 2 is 0.889 bits per heavy atom. The van der Waals surface area contributed by atoms with Gasteiger partial charge < -0.3 is 14.2 Å². The zero-order valence-corrected chi connectivity index (χ0v) is 23.6. The van der Waals surface area contributed by atoms with Crippen molar-refractivity contribution in [2.45, 2.75) is 168 Å². The molecule has 0 saturated carbocycles. The van der Waals surface area contributed by atoms with Crippen molar-refractivity contribution in [2.24, 2.45) is 0 Å². The summed E-state index contributed by atoms with van der Waals surface area (Å²) in [7, 11) is 0. The first-order chi connectivity index (χ1) is 17.1. The van der Waals surface area contributed by atoms with Crippen LogP contribution >= 0.6 is 0 Å². The molecular formula is C30H61AlO5. The van der Waals surface area contributed by atoms with Crippen LogP contribution < -0.4 is 0 Å². The summed E-state index contributed by atoms with van der Waals surface area (Å²) in [6, 6.07) is 0. The zero-order chi connectivity index (χ0) is 25.8. The van der Waals surface area contributed by atoms with Crippen molar-refractivity contribution in [3.8, 4) is 0 Å². The van der Waals surface area contributed by atoms with E-state index in [2.05, 4.69) is 18.6 Å². The normalized spacial score (nSPS) is 11.0. The van der Waals surface area contributed by atoms with Crippen LogP contribution in [0, 0.1) is 0 Å². The summed E-state index contributed by atoms with van der Waals surface area (Å²) in [4.78, 5) is 22.7. The number of hydrogen-bond acceptors (Lipinski definition) is 5. The number of esters is 2. The first kappa shape index (κ1) is 37.7. The maximum atomic E-state index is 11.7. The number of hydrogen-bond donors (Lipinski definition) is 0. The summed E-state index contributed by atoms with van der Waals surface area (Å²) in [5.41, 5.74) is 0. The van der Waals surface area contributed by atoms with Crippen LogP contribution in [0.25, 0.3) is 0 Å². The van der Waals surface area contributed by atoms with E-state index >= 15 is 0 Å². The van der Waals surface area contributed by atoms with Gasteiger partial charge in [0.2, 0.25) is 0 Å². The minimum absolute atomic E-state index is 0. The fourth-order valence-electron chi connectivity index (χ4n) is 4.27. The van der Waals surface area contributed by atoms with Gasteiger partial charge in [0, 0.05) is 26.6 Å². The van der Waals surface area contributed by atoms with E-state index in [1.165, 1.54) is 122 Å². The summed E-state index contributed by atoms with van der Waals surface area (Å²) in [5, 5.41) is 0. The largest absolute Gasteiger partial charge is 0.393 e. The van der Waals surface area contributed by atoms with E-state index < -0.39 is 18.2 Å². The Hall–Kier alpha value is -0.408. The molecule has 0 spiro atoms. The molecule has 0 radical (unpaired) electrons. The molecule has 214 valence electrons. The summed E-state index contributed by atoms with van der Waals surface area (Å²) >= 11 is 0. The van der Waals surface area contributed by atoms with Crippen LogP contribution in [-0.2, 0) is 23.8 Å². The first-order valence-corrected chi connectivity index (χ1v) is 15.0. The highest BCUT2D eigenvalue weighted by Gasteiger charge is 2.14. The minimum Gasteiger partial charge on any atom is -0.393 e. The van der Waals surface area contributed by atoms with E-state index in [0.29, 0.717) is 19.6 Å². The molecule has 0 N–H and O–H groups in total. The number of rotatable bonds is 27. The van der Waals surface area contributed by atoms with E-state index in [1.54, 1.807) is 0 Å². The second kappa shape index (κ2) is 30.8. The molecule has 0 rings (SSSR count). The Balaban J connectivity index is 0. The lowest BCUT2D eigenvalue weighted by Crippen LogP contribution is -2.21. The lowest BCUT2D eigenvalue weighted by Gasteiger charge is -2.18. The molecule has 36 heavy (non-hydrogen) atoms. The van der Waals surface area contributed by atoms with Crippen molar-refractivity contribution in [1.82, 2.24) is 0 Å². The first-order valence-electron chi connectivity index (χ1n) is 15.0. The van der Waals surface area contributed by atoms with Crippen molar-refractivity contribution >= 4 is 29.3 Å². The Bertz CT molecular complexity index is 446. The number of ether oxygens (including phenoxy) is 3. The van der Waals surface area contributed by atoms with Gasteiger partial charge in [0.1, 0.15) is 0 Å². The lowest BCUT2D eigenvalue weighted by molar-refractivity contribution is -0.165. The highest BCUT2D eigenvalue weighted by Crippen LogP contribution is 2.14. The Morgan fingerprint density at radius 1 is 0.556 bits per heavy atom. The van der Waals surface area contributed by atoms with Gasteiger partial charge in [-0.05, 0) is 12.8 Å². The van der Waals surface area contributed by atoms with E-state index in [0.717, 1.165) is 12.8 Å². The van der Waals surface area contributed by atoms with E-state index in [-0.39, 0.29) is 23.8 Å². The van der Waals surface area contributed by atoms with Crippen LogP contribution in [0.2, 0.25) is 0 Å². The molecule has 0 bridgehead atoms. The van der Waals surface area contributed by atoms with Gasteiger partial charge in [0.15, 0.2) is 23.7 Å². The highest BCUT2D eigenvalue weighted by molar-refractivity contribution is 5.83. The fraction of sp³-hybridized carbons (Fsp3) is 0.933. The van der Waals surface area contributed by atoms with Crippen LogP contribution in [-0.4, -0.2) is 48.8 Å². The molecule has 0 aromatic carbocycles. The second-order valence-electron chi connectivity index (χ2n) is 10.0. The van der Waals surface area contributed by atoms with Crippen molar-refractivity contribution in [3.63, 3.8) is 0 Å². The lowest BCUT2D eigenvalue weighted by atomic mass is 10.1. The predicted octanol–water partition coefficient (Wildman–Crippen LogP) is 7.87. The zero-order valence-electron chi connectivity index (χ0n) is 23.6. The third-order valence-electron chi connectivity index (χ3n) is 6.44. The molecule has 0 heterocycles. The van der Waals surface area contributed by atoms with Crippen molar-refractivity contribution in [2.75, 3.05) is 13.2 Å². The average Bonchev–Trinajstić information content (AvgIpc) is 2.83. The predicted molar refractivity (Wildman–Crippen MR) is 155 cm³/mol. The molecule has 5 nitrogen and oxygen atoms in total. The molecule has 0 aliphatic carbocycles. The average molecular weight is 529 g/mol. The second-order valence-corrected chi connectivity index (χ2v) is 10.0. The van der Waals surface area contributed by atoms with Crippen molar-refractivity contribution in [1.29, 1.82) is 0 Å². The summed E-state index contributed by atoms with van der Waals surface area (Å²) in [6.45, 7) is 7.07. The molecule has 0 aliphatic heterocycles. The van der Waals surface area contributed by atoms with Crippen LogP contribution in [0.4, 0.5) is 0 Å². The van der Waals surface area contributed by atoms with Gasteiger partial charge in [-0.15, -0.1) is 0 Å². The number of carbonyl (C=O) groups excluding carboxylic acids is 2. The molecule has 0 aromatic rings. The molecule has 0 aliphatic rings. The Kier molecular flexibility index (Phi) is 32.3. The minimum atomic E-state index is -0.566. The van der Waals surface area contributed by atoms with Crippen LogP contribution in [0.5, 0.6) is 0 Å². The van der Waals surface area contributed by atoms with Crippen molar-refractivity contribution in [3.05, 3.63) is 0 Å².